The second-order valence-electron chi connectivity index (χ2n) is 6.38. The third-order valence-corrected chi connectivity index (χ3v) is 5.26. The molecular formula is C17H36N2O. The standard InChI is InChI=1S/C17H36N2O/c1-6-17(7-2,19(4)5)16(18-8-3)13-9-11-15-12-10-14-20-15/h15-16,18H,6-14H2,1-5H3. The van der Waals surface area contributed by atoms with Crippen molar-refractivity contribution < 1.29 is 4.74 Å². The Bertz CT molecular complexity index is 245. The van der Waals surface area contributed by atoms with Gasteiger partial charge in [0.15, 0.2) is 0 Å². The van der Waals surface area contributed by atoms with Crippen LogP contribution in [0.2, 0.25) is 0 Å². The minimum Gasteiger partial charge on any atom is -0.378 e. The first-order valence-electron chi connectivity index (χ1n) is 8.63. The van der Waals surface area contributed by atoms with E-state index in [9.17, 15) is 0 Å². The van der Waals surface area contributed by atoms with E-state index in [1.165, 1.54) is 44.9 Å². The van der Waals surface area contributed by atoms with Crippen LogP contribution in [0.25, 0.3) is 0 Å². The van der Waals surface area contributed by atoms with Gasteiger partial charge in [-0.3, -0.25) is 0 Å². The van der Waals surface area contributed by atoms with E-state index >= 15 is 0 Å². The third kappa shape index (κ3) is 4.44. The van der Waals surface area contributed by atoms with E-state index in [0.717, 1.165) is 13.2 Å². The Morgan fingerprint density at radius 1 is 1.25 bits per heavy atom. The van der Waals surface area contributed by atoms with E-state index < -0.39 is 0 Å². The number of nitrogens with zero attached hydrogens (tertiary/aromatic N) is 1. The van der Waals surface area contributed by atoms with Crippen LogP contribution < -0.4 is 5.32 Å². The lowest BCUT2D eigenvalue weighted by molar-refractivity contribution is 0.0746. The van der Waals surface area contributed by atoms with E-state index in [1.54, 1.807) is 0 Å². The minimum atomic E-state index is 0.284. The molecule has 1 rings (SSSR count). The Morgan fingerprint density at radius 2 is 1.95 bits per heavy atom. The summed E-state index contributed by atoms with van der Waals surface area (Å²) in [6, 6.07) is 0.582. The molecule has 20 heavy (non-hydrogen) atoms. The average molecular weight is 284 g/mol. The SMILES string of the molecule is CCNC(CCCC1CCCO1)C(CC)(CC)N(C)C. The fourth-order valence-corrected chi connectivity index (χ4v) is 3.92. The van der Waals surface area contributed by atoms with Crippen molar-refractivity contribution in [2.24, 2.45) is 0 Å². The molecule has 2 atom stereocenters. The normalized spacial score (nSPS) is 21.6. The molecule has 0 bridgehead atoms. The second-order valence-corrected chi connectivity index (χ2v) is 6.38. The number of ether oxygens (including phenoxy) is 1. The zero-order valence-corrected chi connectivity index (χ0v) is 14.4. The predicted octanol–water partition coefficient (Wildman–Crippen LogP) is 3.43. The van der Waals surface area contributed by atoms with Crippen LogP contribution in [0.5, 0.6) is 0 Å². The van der Waals surface area contributed by atoms with Crippen molar-refractivity contribution in [3.8, 4) is 0 Å². The summed E-state index contributed by atoms with van der Waals surface area (Å²) < 4.78 is 5.75. The van der Waals surface area contributed by atoms with Crippen molar-refractivity contribution in [1.29, 1.82) is 0 Å². The van der Waals surface area contributed by atoms with Gasteiger partial charge in [0.05, 0.1) is 6.10 Å². The van der Waals surface area contributed by atoms with E-state index in [2.05, 4.69) is 45.1 Å². The van der Waals surface area contributed by atoms with Crippen molar-refractivity contribution in [2.45, 2.75) is 83.4 Å². The van der Waals surface area contributed by atoms with Gasteiger partial charge in [0.25, 0.3) is 0 Å². The lowest BCUT2D eigenvalue weighted by atomic mass is 9.80. The molecule has 1 N–H and O–H groups in total. The molecule has 120 valence electrons. The summed E-state index contributed by atoms with van der Waals surface area (Å²) in [5.74, 6) is 0. The largest absolute Gasteiger partial charge is 0.378 e. The Morgan fingerprint density at radius 3 is 2.40 bits per heavy atom. The zero-order chi connectivity index (χ0) is 15.0. The van der Waals surface area contributed by atoms with Crippen LogP contribution in [0.3, 0.4) is 0 Å². The second kappa shape index (κ2) is 9.01. The Labute approximate surface area is 126 Å². The molecule has 1 fully saturated rings. The van der Waals surface area contributed by atoms with Gasteiger partial charge >= 0.3 is 0 Å². The highest BCUT2D eigenvalue weighted by Gasteiger charge is 2.36. The Kier molecular flexibility index (Phi) is 8.08. The highest BCUT2D eigenvalue weighted by atomic mass is 16.5. The van der Waals surface area contributed by atoms with E-state index in [0.29, 0.717) is 12.1 Å². The van der Waals surface area contributed by atoms with Gasteiger partial charge in [0, 0.05) is 18.2 Å². The molecule has 3 heteroatoms. The van der Waals surface area contributed by atoms with Crippen molar-refractivity contribution in [3.05, 3.63) is 0 Å². The summed E-state index contributed by atoms with van der Waals surface area (Å²) in [5, 5.41) is 3.75. The average Bonchev–Trinajstić information content (AvgIpc) is 2.93. The molecule has 0 amide bonds. The molecule has 0 aromatic carbocycles. The number of rotatable bonds is 10. The lowest BCUT2D eigenvalue weighted by Crippen LogP contribution is -2.58. The van der Waals surface area contributed by atoms with E-state index in [-0.39, 0.29) is 5.54 Å². The first-order valence-corrected chi connectivity index (χ1v) is 8.63. The third-order valence-electron chi connectivity index (χ3n) is 5.26. The van der Waals surface area contributed by atoms with Crippen LogP contribution in [0.15, 0.2) is 0 Å². The number of hydrogen-bond donors (Lipinski definition) is 1. The van der Waals surface area contributed by atoms with Crippen molar-refractivity contribution in [1.82, 2.24) is 10.2 Å². The fourth-order valence-electron chi connectivity index (χ4n) is 3.92. The molecule has 1 aliphatic rings. The first kappa shape index (κ1) is 17.9. The molecule has 0 radical (unpaired) electrons. The van der Waals surface area contributed by atoms with Gasteiger partial charge in [-0.15, -0.1) is 0 Å². The summed E-state index contributed by atoms with van der Waals surface area (Å²) in [6.45, 7) is 8.91. The van der Waals surface area contributed by atoms with Crippen LogP contribution in [0, 0.1) is 0 Å². The van der Waals surface area contributed by atoms with Gasteiger partial charge in [-0.05, 0) is 65.6 Å². The molecule has 0 aromatic heterocycles. The molecule has 0 aromatic rings. The molecule has 1 heterocycles. The van der Waals surface area contributed by atoms with Crippen molar-refractivity contribution in [3.63, 3.8) is 0 Å². The van der Waals surface area contributed by atoms with E-state index in [4.69, 9.17) is 4.74 Å². The number of likely N-dealkylation sites (N-methyl/N-ethyl adjacent to an activating group) is 2. The molecule has 2 unspecified atom stereocenters. The number of hydrogen-bond acceptors (Lipinski definition) is 3. The van der Waals surface area contributed by atoms with Crippen LogP contribution in [0.1, 0.15) is 65.7 Å². The summed E-state index contributed by atoms with van der Waals surface area (Å²) in [5.41, 5.74) is 0.284. The summed E-state index contributed by atoms with van der Waals surface area (Å²) in [4.78, 5) is 2.44. The van der Waals surface area contributed by atoms with Crippen LogP contribution >= 0.6 is 0 Å². The maximum Gasteiger partial charge on any atom is 0.0576 e. The van der Waals surface area contributed by atoms with Crippen molar-refractivity contribution in [2.75, 3.05) is 27.2 Å². The zero-order valence-electron chi connectivity index (χ0n) is 14.4. The first-order chi connectivity index (χ1) is 9.60. The van der Waals surface area contributed by atoms with Crippen LogP contribution in [-0.4, -0.2) is 49.8 Å². The molecule has 1 saturated heterocycles. The Balaban J connectivity index is 2.55. The van der Waals surface area contributed by atoms with Crippen molar-refractivity contribution >= 4 is 0 Å². The maximum atomic E-state index is 5.75. The maximum absolute atomic E-state index is 5.75. The van der Waals surface area contributed by atoms with Gasteiger partial charge in [0.2, 0.25) is 0 Å². The highest BCUT2D eigenvalue weighted by Crippen LogP contribution is 2.29. The monoisotopic (exact) mass is 284 g/mol. The summed E-state index contributed by atoms with van der Waals surface area (Å²) in [7, 11) is 4.47. The van der Waals surface area contributed by atoms with Gasteiger partial charge in [-0.2, -0.15) is 0 Å². The van der Waals surface area contributed by atoms with E-state index in [1.807, 2.05) is 0 Å². The quantitative estimate of drug-likeness (QED) is 0.665. The van der Waals surface area contributed by atoms with Gasteiger partial charge in [-0.1, -0.05) is 20.8 Å². The smallest absolute Gasteiger partial charge is 0.0576 e. The van der Waals surface area contributed by atoms with Gasteiger partial charge < -0.3 is 15.0 Å². The molecule has 1 aliphatic heterocycles. The molecular weight excluding hydrogens is 248 g/mol. The minimum absolute atomic E-state index is 0.284. The topological polar surface area (TPSA) is 24.5 Å². The Hall–Kier alpha value is -0.120. The molecule has 3 nitrogen and oxygen atoms in total. The molecule has 0 saturated carbocycles. The van der Waals surface area contributed by atoms with Crippen LogP contribution in [0.4, 0.5) is 0 Å². The lowest BCUT2D eigenvalue weighted by Gasteiger charge is -2.46. The summed E-state index contributed by atoms with van der Waals surface area (Å²) >= 11 is 0. The molecule has 0 aliphatic carbocycles. The number of nitrogens with one attached hydrogen (secondary N) is 1. The highest BCUT2D eigenvalue weighted by molar-refractivity contribution is 4.96. The van der Waals surface area contributed by atoms with Crippen LogP contribution in [-0.2, 0) is 4.74 Å². The van der Waals surface area contributed by atoms with Gasteiger partial charge in [-0.25, -0.2) is 0 Å². The predicted molar refractivity (Wildman–Crippen MR) is 87.3 cm³/mol. The van der Waals surface area contributed by atoms with Gasteiger partial charge in [0.1, 0.15) is 0 Å². The summed E-state index contributed by atoms with van der Waals surface area (Å²) in [6.07, 6.45) is 9.24. The fraction of sp³-hybridized carbons (Fsp3) is 1.00. The molecule has 0 spiro atoms.